The second kappa shape index (κ2) is 8.37. The topological polar surface area (TPSA) is 52.7 Å². The Morgan fingerprint density at radius 1 is 1.00 bits per heavy atom. The lowest BCUT2D eigenvalue weighted by molar-refractivity contribution is 0.264. The Hall–Kier alpha value is -1.96. The molecule has 1 saturated heterocycles. The molecule has 1 fully saturated rings. The lowest BCUT2D eigenvalue weighted by Crippen LogP contribution is -2.52. The second-order valence-corrected chi connectivity index (χ2v) is 9.11. The van der Waals surface area contributed by atoms with Crippen molar-refractivity contribution in [2.45, 2.75) is 25.3 Å². The quantitative estimate of drug-likeness (QED) is 0.796. The Bertz CT molecular complexity index is 906. The van der Waals surface area contributed by atoms with Crippen molar-refractivity contribution < 1.29 is 8.42 Å². The standard InChI is InChI=1S/C20H25N3O2S2/c1-16-8-9-19(14-17(16)2)27(24,25)23-12-10-22(11-13-23)20(26)21-15-18-6-4-3-5-7-18/h3-9,14H,10-13,15H2,1-2H3,(H,21,26). The van der Waals surface area contributed by atoms with Crippen LogP contribution in [-0.4, -0.2) is 48.9 Å². The predicted molar refractivity (Wildman–Crippen MR) is 112 cm³/mol. The van der Waals surface area contributed by atoms with Crippen LogP contribution in [-0.2, 0) is 16.6 Å². The van der Waals surface area contributed by atoms with E-state index in [0.29, 0.717) is 42.7 Å². The van der Waals surface area contributed by atoms with Crippen LogP contribution in [0.2, 0.25) is 0 Å². The molecule has 5 nitrogen and oxygen atoms in total. The molecule has 0 saturated carbocycles. The maximum atomic E-state index is 12.9. The maximum absolute atomic E-state index is 12.9. The minimum atomic E-state index is -3.46. The van der Waals surface area contributed by atoms with Crippen molar-refractivity contribution in [2.24, 2.45) is 0 Å². The number of aryl methyl sites for hydroxylation is 2. The third-order valence-corrected chi connectivity index (χ3v) is 7.23. The van der Waals surface area contributed by atoms with E-state index < -0.39 is 10.0 Å². The summed E-state index contributed by atoms with van der Waals surface area (Å²) in [5.41, 5.74) is 3.24. The van der Waals surface area contributed by atoms with Crippen molar-refractivity contribution in [1.82, 2.24) is 14.5 Å². The smallest absolute Gasteiger partial charge is 0.243 e. The first kappa shape index (κ1) is 19.8. The minimum absolute atomic E-state index is 0.365. The molecule has 0 aromatic heterocycles. The van der Waals surface area contributed by atoms with E-state index >= 15 is 0 Å². The molecule has 1 aliphatic heterocycles. The highest BCUT2D eigenvalue weighted by Gasteiger charge is 2.29. The van der Waals surface area contributed by atoms with E-state index in [1.165, 1.54) is 0 Å². The zero-order chi connectivity index (χ0) is 19.4. The molecular weight excluding hydrogens is 378 g/mol. The lowest BCUT2D eigenvalue weighted by Gasteiger charge is -2.35. The van der Waals surface area contributed by atoms with Gasteiger partial charge in [-0.05, 0) is 54.9 Å². The van der Waals surface area contributed by atoms with Crippen LogP contribution in [0.25, 0.3) is 0 Å². The maximum Gasteiger partial charge on any atom is 0.243 e. The minimum Gasteiger partial charge on any atom is -0.358 e. The van der Waals surface area contributed by atoms with E-state index in [-0.39, 0.29) is 0 Å². The molecule has 1 aliphatic rings. The van der Waals surface area contributed by atoms with Crippen LogP contribution in [0.4, 0.5) is 0 Å². The number of benzene rings is 2. The Kier molecular flexibility index (Phi) is 6.14. The van der Waals surface area contributed by atoms with Crippen LogP contribution in [0.15, 0.2) is 53.4 Å². The fourth-order valence-electron chi connectivity index (χ4n) is 3.04. The largest absolute Gasteiger partial charge is 0.358 e. The summed E-state index contributed by atoms with van der Waals surface area (Å²) in [5.74, 6) is 0. The molecule has 1 N–H and O–H groups in total. The van der Waals surface area contributed by atoms with Gasteiger partial charge >= 0.3 is 0 Å². The van der Waals surface area contributed by atoms with Crippen molar-refractivity contribution >= 4 is 27.4 Å². The first-order valence-corrected chi connectivity index (χ1v) is 10.9. The van der Waals surface area contributed by atoms with Crippen molar-refractivity contribution in [3.63, 3.8) is 0 Å². The molecule has 0 amide bonds. The van der Waals surface area contributed by atoms with Crippen LogP contribution in [0.1, 0.15) is 16.7 Å². The SMILES string of the molecule is Cc1ccc(S(=O)(=O)N2CCN(C(=S)NCc3ccccc3)CC2)cc1C. The molecule has 7 heteroatoms. The molecule has 2 aromatic rings. The molecule has 144 valence electrons. The third kappa shape index (κ3) is 4.66. The average Bonchev–Trinajstić information content (AvgIpc) is 2.69. The van der Waals surface area contributed by atoms with Gasteiger partial charge in [-0.2, -0.15) is 4.31 Å². The van der Waals surface area contributed by atoms with Crippen molar-refractivity contribution in [2.75, 3.05) is 26.2 Å². The summed E-state index contributed by atoms with van der Waals surface area (Å²) in [6.07, 6.45) is 0. The Balaban J connectivity index is 1.57. The van der Waals surface area contributed by atoms with Crippen molar-refractivity contribution in [3.05, 3.63) is 65.2 Å². The van der Waals surface area contributed by atoms with Gasteiger partial charge in [-0.3, -0.25) is 0 Å². The van der Waals surface area contributed by atoms with E-state index in [9.17, 15) is 8.42 Å². The van der Waals surface area contributed by atoms with Crippen LogP contribution < -0.4 is 5.32 Å². The zero-order valence-electron chi connectivity index (χ0n) is 15.7. The number of hydrogen-bond acceptors (Lipinski definition) is 3. The second-order valence-electron chi connectivity index (χ2n) is 6.78. The molecule has 3 rings (SSSR count). The van der Waals surface area contributed by atoms with Crippen molar-refractivity contribution in [1.29, 1.82) is 0 Å². The van der Waals surface area contributed by atoms with Crippen LogP contribution >= 0.6 is 12.2 Å². The Morgan fingerprint density at radius 3 is 2.30 bits per heavy atom. The van der Waals surface area contributed by atoms with Crippen molar-refractivity contribution in [3.8, 4) is 0 Å². The number of sulfonamides is 1. The van der Waals surface area contributed by atoms with Gasteiger partial charge in [0.2, 0.25) is 10.0 Å². The number of piperazine rings is 1. The van der Waals surface area contributed by atoms with Gasteiger partial charge in [0.05, 0.1) is 4.90 Å². The molecule has 0 bridgehead atoms. The monoisotopic (exact) mass is 403 g/mol. The Labute approximate surface area is 167 Å². The van der Waals surface area contributed by atoms with Crippen LogP contribution in [0, 0.1) is 13.8 Å². The number of nitrogens with one attached hydrogen (secondary N) is 1. The molecule has 0 spiro atoms. The molecule has 0 radical (unpaired) electrons. The number of hydrogen-bond donors (Lipinski definition) is 1. The predicted octanol–water partition coefficient (Wildman–Crippen LogP) is 2.68. The van der Waals surface area contributed by atoms with Crippen LogP contribution in [0.5, 0.6) is 0 Å². The zero-order valence-corrected chi connectivity index (χ0v) is 17.3. The molecule has 0 atom stereocenters. The van der Waals surface area contributed by atoms with E-state index in [1.54, 1.807) is 16.4 Å². The average molecular weight is 404 g/mol. The highest BCUT2D eigenvalue weighted by Crippen LogP contribution is 2.20. The number of rotatable bonds is 4. The highest BCUT2D eigenvalue weighted by atomic mass is 32.2. The van der Waals surface area contributed by atoms with Crippen LogP contribution in [0.3, 0.4) is 0 Å². The summed E-state index contributed by atoms with van der Waals surface area (Å²) in [5, 5.41) is 3.93. The molecule has 27 heavy (non-hydrogen) atoms. The lowest BCUT2D eigenvalue weighted by atomic mass is 10.1. The van der Waals surface area contributed by atoms with E-state index in [4.69, 9.17) is 12.2 Å². The molecule has 0 aliphatic carbocycles. The van der Waals surface area contributed by atoms with Gasteiger partial charge in [0.25, 0.3) is 0 Å². The van der Waals surface area contributed by atoms with Gasteiger partial charge < -0.3 is 10.2 Å². The van der Waals surface area contributed by atoms with Gasteiger partial charge in [-0.1, -0.05) is 36.4 Å². The molecular formula is C20H25N3O2S2. The fourth-order valence-corrected chi connectivity index (χ4v) is 4.80. The number of nitrogens with zero attached hydrogens (tertiary/aromatic N) is 2. The molecule has 1 heterocycles. The molecule has 2 aromatic carbocycles. The third-order valence-electron chi connectivity index (χ3n) is 4.93. The van der Waals surface area contributed by atoms with Gasteiger partial charge in [0, 0.05) is 32.7 Å². The fraction of sp³-hybridized carbons (Fsp3) is 0.350. The van der Waals surface area contributed by atoms with E-state index in [1.807, 2.05) is 55.1 Å². The number of thiocarbonyl (C=S) groups is 1. The van der Waals surface area contributed by atoms with Gasteiger partial charge in [-0.25, -0.2) is 8.42 Å². The summed E-state index contributed by atoms with van der Waals surface area (Å²) in [4.78, 5) is 2.40. The first-order valence-electron chi connectivity index (χ1n) is 9.02. The summed E-state index contributed by atoms with van der Waals surface area (Å²) >= 11 is 5.48. The summed E-state index contributed by atoms with van der Waals surface area (Å²) in [6.45, 7) is 6.62. The summed E-state index contributed by atoms with van der Waals surface area (Å²) < 4.78 is 27.3. The van der Waals surface area contributed by atoms with Gasteiger partial charge in [-0.15, -0.1) is 0 Å². The molecule has 0 unspecified atom stereocenters. The summed E-state index contributed by atoms with van der Waals surface area (Å²) in [6, 6.07) is 15.4. The normalized spacial score (nSPS) is 15.6. The van der Waals surface area contributed by atoms with Gasteiger partial charge in [0.1, 0.15) is 0 Å². The Morgan fingerprint density at radius 2 is 1.67 bits per heavy atom. The van der Waals surface area contributed by atoms with Gasteiger partial charge in [0.15, 0.2) is 5.11 Å². The van der Waals surface area contributed by atoms with E-state index in [0.717, 1.165) is 16.7 Å². The highest BCUT2D eigenvalue weighted by molar-refractivity contribution is 7.89. The summed E-state index contributed by atoms with van der Waals surface area (Å²) in [7, 11) is -3.46. The first-order chi connectivity index (χ1) is 12.9. The van der Waals surface area contributed by atoms with E-state index in [2.05, 4.69) is 5.32 Å².